The van der Waals surface area contributed by atoms with Crippen LogP contribution in [0.4, 0.5) is 10.5 Å². The first-order valence-corrected chi connectivity index (χ1v) is 11.3. The Bertz CT molecular complexity index is 963. The molecule has 0 saturated heterocycles. The van der Waals surface area contributed by atoms with Gasteiger partial charge in [0.15, 0.2) is 6.10 Å². The van der Waals surface area contributed by atoms with Crippen LogP contribution in [0.15, 0.2) is 48.5 Å². The topological polar surface area (TPSA) is 106 Å². The number of carbonyl (C=O) groups excluding carboxylic acids is 3. The van der Waals surface area contributed by atoms with Crippen LogP contribution in [0.5, 0.6) is 5.75 Å². The van der Waals surface area contributed by atoms with E-state index in [-0.39, 0.29) is 18.4 Å². The Labute approximate surface area is 201 Å². The number of hydrogen-bond acceptors (Lipinski definition) is 5. The number of ether oxygens (including phenoxy) is 2. The van der Waals surface area contributed by atoms with E-state index in [0.717, 1.165) is 5.56 Å². The number of alkyl carbamates (subject to hydrolysis) is 1. The van der Waals surface area contributed by atoms with E-state index in [1.165, 1.54) is 5.56 Å². The van der Waals surface area contributed by atoms with E-state index in [4.69, 9.17) is 9.47 Å². The van der Waals surface area contributed by atoms with Crippen LogP contribution in [0, 0.1) is 0 Å². The quantitative estimate of drug-likeness (QED) is 0.506. The molecule has 0 aliphatic rings. The van der Waals surface area contributed by atoms with E-state index >= 15 is 0 Å². The molecular weight excluding hydrogens is 434 g/mol. The van der Waals surface area contributed by atoms with E-state index in [1.807, 2.05) is 24.3 Å². The van der Waals surface area contributed by atoms with Crippen LogP contribution in [-0.2, 0) is 20.9 Å². The second kappa shape index (κ2) is 12.1. The Morgan fingerprint density at radius 3 is 2.06 bits per heavy atom. The average molecular weight is 470 g/mol. The highest BCUT2D eigenvalue weighted by atomic mass is 16.6. The molecule has 3 amide bonds. The van der Waals surface area contributed by atoms with Crippen molar-refractivity contribution in [3.63, 3.8) is 0 Å². The number of amides is 3. The number of nitrogens with one attached hydrogen (secondary N) is 3. The van der Waals surface area contributed by atoms with Crippen molar-refractivity contribution in [2.75, 3.05) is 11.9 Å². The molecular formula is C26H35N3O5. The Hall–Kier alpha value is -3.55. The highest BCUT2D eigenvalue weighted by molar-refractivity contribution is 5.93. The fourth-order valence-electron chi connectivity index (χ4n) is 2.90. The summed E-state index contributed by atoms with van der Waals surface area (Å²) in [5, 5.41) is 7.95. The van der Waals surface area contributed by atoms with E-state index in [9.17, 15) is 14.4 Å². The van der Waals surface area contributed by atoms with Crippen LogP contribution >= 0.6 is 0 Å². The minimum Gasteiger partial charge on any atom is -0.481 e. The molecule has 8 heteroatoms. The molecule has 0 heterocycles. The van der Waals surface area contributed by atoms with Crippen LogP contribution in [0.25, 0.3) is 0 Å². The highest BCUT2D eigenvalue weighted by Crippen LogP contribution is 2.19. The Morgan fingerprint density at radius 1 is 0.882 bits per heavy atom. The second-order valence-corrected chi connectivity index (χ2v) is 9.30. The summed E-state index contributed by atoms with van der Waals surface area (Å²) < 4.78 is 10.8. The van der Waals surface area contributed by atoms with Crippen molar-refractivity contribution in [1.29, 1.82) is 0 Å². The molecule has 8 nitrogen and oxygen atoms in total. The van der Waals surface area contributed by atoms with Gasteiger partial charge in [-0.05, 0) is 69.0 Å². The van der Waals surface area contributed by atoms with E-state index in [1.54, 1.807) is 52.0 Å². The summed E-state index contributed by atoms with van der Waals surface area (Å²) in [4.78, 5) is 36.0. The van der Waals surface area contributed by atoms with Gasteiger partial charge in [-0.2, -0.15) is 0 Å². The molecule has 0 saturated carbocycles. The molecule has 0 bridgehead atoms. The maximum Gasteiger partial charge on any atom is 0.408 e. The summed E-state index contributed by atoms with van der Waals surface area (Å²) in [6.45, 7) is 11.3. The van der Waals surface area contributed by atoms with Crippen molar-refractivity contribution < 1.29 is 23.9 Å². The summed E-state index contributed by atoms with van der Waals surface area (Å²) in [6, 6.07) is 14.8. The molecule has 184 valence electrons. The van der Waals surface area contributed by atoms with Crippen LogP contribution in [0.3, 0.4) is 0 Å². The van der Waals surface area contributed by atoms with Crippen molar-refractivity contribution in [2.24, 2.45) is 0 Å². The summed E-state index contributed by atoms with van der Waals surface area (Å²) in [5.74, 6) is 0.481. The molecule has 0 aromatic heterocycles. The molecule has 2 aromatic rings. The molecule has 0 spiro atoms. The van der Waals surface area contributed by atoms with Gasteiger partial charge in [0.05, 0.1) is 0 Å². The van der Waals surface area contributed by atoms with Crippen molar-refractivity contribution in [3.05, 3.63) is 59.7 Å². The van der Waals surface area contributed by atoms with Gasteiger partial charge in [-0.25, -0.2) is 4.79 Å². The Kier molecular flexibility index (Phi) is 9.47. The summed E-state index contributed by atoms with van der Waals surface area (Å²) in [6.07, 6.45) is -1.29. The van der Waals surface area contributed by atoms with Crippen LogP contribution < -0.4 is 20.7 Å². The first kappa shape index (κ1) is 26.7. The molecule has 0 aliphatic carbocycles. The van der Waals surface area contributed by atoms with Crippen molar-refractivity contribution in [2.45, 2.75) is 65.7 Å². The van der Waals surface area contributed by atoms with Gasteiger partial charge in [-0.3, -0.25) is 9.59 Å². The van der Waals surface area contributed by atoms with Gasteiger partial charge in [-0.1, -0.05) is 38.1 Å². The van der Waals surface area contributed by atoms with Crippen molar-refractivity contribution in [3.8, 4) is 5.75 Å². The molecule has 0 fully saturated rings. The fraction of sp³-hybridized carbons (Fsp3) is 0.423. The minimum absolute atomic E-state index is 0.204. The predicted octanol–water partition coefficient (Wildman–Crippen LogP) is 4.36. The summed E-state index contributed by atoms with van der Waals surface area (Å²) >= 11 is 0. The lowest BCUT2D eigenvalue weighted by Gasteiger charge is -2.19. The zero-order valence-electron chi connectivity index (χ0n) is 20.7. The lowest BCUT2D eigenvalue weighted by Crippen LogP contribution is -2.37. The zero-order valence-corrected chi connectivity index (χ0v) is 20.7. The number of hydrogen-bond donors (Lipinski definition) is 3. The first-order chi connectivity index (χ1) is 15.9. The number of carbonyl (C=O) groups is 3. The van der Waals surface area contributed by atoms with Gasteiger partial charge in [0.2, 0.25) is 5.91 Å². The summed E-state index contributed by atoms with van der Waals surface area (Å²) in [5.41, 5.74) is 2.03. The second-order valence-electron chi connectivity index (χ2n) is 9.30. The third-order valence-electron chi connectivity index (χ3n) is 4.73. The molecule has 0 aliphatic heterocycles. The normalized spacial score (nSPS) is 12.0. The van der Waals surface area contributed by atoms with Gasteiger partial charge in [0.1, 0.15) is 17.9 Å². The number of rotatable bonds is 9. The lowest BCUT2D eigenvalue weighted by molar-refractivity contribution is -0.127. The smallest absolute Gasteiger partial charge is 0.408 e. The van der Waals surface area contributed by atoms with E-state index < -0.39 is 17.8 Å². The van der Waals surface area contributed by atoms with Crippen molar-refractivity contribution in [1.82, 2.24) is 10.6 Å². The zero-order chi connectivity index (χ0) is 25.3. The first-order valence-electron chi connectivity index (χ1n) is 11.3. The Balaban J connectivity index is 1.75. The maximum atomic E-state index is 12.4. The van der Waals surface area contributed by atoms with Crippen molar-refractivity contribution >= 4 is 23.6 Å². The third kappa shape index (κ3) is 9.52. The van der Waals surface area contributed by atoms with Gasteiger partial charge < -0.3 is 25.4 Å². The molecule has 1 unspecified atom stereocenters. The largest absolute Gasteiger partial charge is 0.481 e. The highest BCUT2D eigenvalue weighted by Gasteiger charge is 2.17. The number of benzene rings is 2. The monoisotopic (exact) mass is 469 g/mol. The molecule has 1 atom stereocenters. The molecule has 34 heavy (non-hydrogen) atoms. The van der Waals surface area contributed by atoms with Gasteiger partial charge in [0, 0.05) is 12.2 Å². The molecule has 2 aromatic carbocycles. The average Bonchev–Trinajstić information content (AvgIpc) is 2.76. The Morgan fingerprint density at radius 2 is 1.50 bits per heavy atom. The van der Waals surface area contributed by atoms with Gasteiger partial charge >= 0.3 is 6.09 Å². The summed E-state index contributed by atoms with van der Waals surface area (Å²) in [7, 11) is 0. The maximum absolute atomic E-state index is 12.4. The van der Waals surface area contributed by atoms with Gasteiger partial charge in [-0.15, -0.1) is 0 Å². The molecule has 2 rings (SSSR count). The lowest BCUT2D eigenvalue weighted by atomic mass is 10.0. The predicted molar refractivity (Wildman–Crippen MR) is 132 cm³/mol. The number of anilines is 1. The third-order valence-corrected chi connectivity index (χ3v) is 4.73. The molecule has 0 radical (unpaired) electrons. The SMILES string of the molecule is CC(Oc1ccc(C(C)C)cc1)C(=O)NCc1ccc(NC(=O)CNC(=O)OC(C)(C)C)cc1. The van der Waals surface area contributed by atoms with E-state index in [2.05, 4.69) is 29.8 Å². The van der Waals surface area contributed by atoms with Crippen LogP contribution in [-0.4, -0.2) is 36.2 Å². The van der Waals surface area contributed by atoms with Crippen LogP contribution in [0.1, 0.15) is 58.6 Å². The van der Waals surface area contributed by atoms with Crippen LogP contribution in [0.2, 0.25) is 0 Å². The minimum atomic E-state index is -0.653. The van der Waals surface area contributed by atoms with E-state index in [0.29, 0.717) is 23.9 Å². The fourth-order valence-corrected chi connectivity index (χ4v) is 2.90. The standard InChI is InChI=1S/C26H35N3O5/c1-17(2)20-9-13-22(14-10-20)33-18(3)24(31)27-15-19-7-11-21(12-8-19)29-23(30)16-28-25(32)34-26(4,5)6/h7-14,17-18H,15-16H2,1-6H3,(H,27,31)(H,28,32)(H,29,30). The molecule has 3 N–H and O–H groups in total. The van der Waals surface area contributed by atoms with Gasteiger partial charge in [0.25, 0.3) is 5.91 Å².